The lowest BCUT2D eigenvalue weighted by molar-refractivity contribution is 0.692. The standard InChI is InChI=1S/C8H9N5O2/c1-12-6(10)5(3-11-4-9)7(14)13(2)8(12)15/h3H,10H2,1-2H3. The van der Waals surface area contributed by atoms with E-state index >= 15 is 0 Å². The first-order chi connectivity index (χ1) is 7.00. The van der Waals surface area contributed by atoms with E-state index in [1.54, 1.807) is 0 Å². The highest BCUT2D eigenvalue weighted by Crippen LogP contribution is 1.98. The molecule has 7 heteroatoms. The number of nitrogen functional groups attached to an aromatic ring is 1. The lowest BCUT2D eigenvalue weighted by Gasteiger charge is -2.07. The molecule has 2 N–H and O–H groups in total. The molecule has 0 amide bonds. The molecule has 0 aliphatic heterocycles. The van der Waals surface area contributed by atoms with E-state index < -0.39 is 11.2 Å². The molecule has 0 spiro atoms. The largest absolute Gasteiger partial charge is 0.384 e. The Kier molecular flexibility index (Phi) is 2.71. The van der Waals surface area contributed by atoms with Crippen LogP contribution < -0.4 is 17.0 Å². The Morgan fingerprint density at radius 3 is 2.53 bits per heavy atom. The van der Waals surface area contributed by atoms with Crippen molar-refractivity contribution in [1.29, 1.82) is 5.26 Å². The van der Waals surface area contributed by atoms with Gasteiger partial charge in [-0.25, -0.2) is 4.79 Å². The Labute approximate surface area is 84.7 Å². The second-order valence-corrected chi connectivity index (χ2v) is 2.86. The quantitative estimate of drug-likeness (QED) is 0.449. The molecule has 1 heterocycles. The van der Waals surface area contributed by atoms with Crippen LogP contribution in [-0.2, 0) is 14.1 Å². The fourth-order valence-electron chi connectivity index (χ4n) is 1.10. The first-order valence-electron chi connectivity index (χ1n) is 3.98. The van der Waals surface area contributed by atoms with Crippen LogP contribution in [-0.4, -0.2) is 15.3 Å². The summed E-state index contributed by atoms with van der Waals surface area (Å²) in [6.45, 7) is 0. The third kappa shape index (κ3) is 1.65. The van der Waals surface area contributed by atoms with Gasteiger partial charge in [0, 0.05) is 14.1 Å². The van der Waals surface area contributed by atoms with E-state index in [0.717, 1.165) is 15.3 Å². The van der Waals surface area contributed by atoms with Gasteiger partial charge in [0.25, 0.3) is 5.56 Å². The van der Waals surface area contributed by atoms with Crippen LogP contribution in [0, 0.1) is 11.5 Å². The molecule has 0 fully saturated rings. The van der Waals surface area contributed by atoms with Gasteiger partial charge in [0.05, 0.1) is 11.8 Å². The Morgan fingerprint density at radius 2 is 2.00 bits per heavy atom. The summed E-state index contributed by atoms with van der Waals surface area (Å²) in [6.07, 6.45) is 2.54. The Balaban J connectivity index is 3.70. The minimum Gasteiger partial charge on any atom is -0.384 e. The topological polar surface area (TPSA) is 106 Å². The second-order valence-electron chi connectivity index (χ2n) is 2.86. The number of nitrogens with zero attached hydrogens (tertiary/aromatic N) is 4. The van der Waals surface area contributed by atoms with Crippen molar-refractivity contribution in [3.63, 3.8) is 0 Å². The zero-order valence-electron chi connectivity index (χ0n) is 8.26. The molecule has 0 saturated carbocycles. The lowest BCUT2D eigenvalue weighted by Crippen LogP contribution is -2.40. The molecule has 0 saturated heterocycles. The summed E-state index contributed by atoms with van der Waals surface area (Å²) in [7, 11) is 2.76. The fraction of sp³-hybridized carbons (Fsp3) is 0.250. The minimum absolute atomic E-state index is 0.0119. The molecule has 1 rings (SSSR count). The second kappa shape index (κ2) is 3.79. The number of hydrogen-bond acceptors (Lipinski definition) is 5. The number of nitrogens with two attached hydrogens (primary N) is 1. The highest BCUT2D eigenvalue weighted by atomic mass is 16.2. The predicted molar refractivity (Wildman–Crippen MR) is 54.5 cm³/mol. The number of aromatic nitrogens is 2. The summed E-state index contributed by atoms with van der Waals surface area (Å²) in [5.74, 6) is -0.0119. The average Bonchev–Trinajstić information content (AvgIpc) is 2.24. The van der Waals surface area contributed by atoms with E-state index in [-0.39, 0.29) is 11.4 Å². The van der Waals surface area contributed by atoms with E-state index in [2.05, 4.69) is 4.99 Å². The van der Waals surface area contributed by atoms with Crippen molar-refractivity contribution in [2.75, 3.05) is 5.73 Å². The third-order valence-corrected chi connectivity index (χ3v) is 2.00. The molecule has 15 heavy (non-hydrogen) atoms. The Morgan fingerprint density at radius 1 is 1.40 bits per heavy atom. The Bertz CT molecular complexity index is 572. The zero-order valence-corrected chi connectivity index (χ0v) is 8.26. The molecule has 1 aromatic rings. The molecule has 0 bridgehead atoms. The summed E-state index contributed by atoms with van der Waals surface area (Å²) in [5.41, 5.74) is 4.48. The minimum atomic E-state index is -0.574. The monoisotopic (exact) mass is 207 g/mol. The van der Waals surface area contributed by atoms with Gasteiger partial charge in [0.2, 0.25) is 6.19 Å². The van der Waals surface area contributed by atoms with E-state index in [1.165, 1.54) is 20.3 Å². The van der Waals surface area contributed by atoms with E-state index in [1.807, 2.05) is 0 Å². The molecular weight excluding hydrogens is 198 g/mol. The summed E-state index contributed by atoms with van der Waals surface area (Å²) >= 11 is 0. The van der Waals surface area contributed by atoms with Gasteiger partial charge in [0.15, 0.2) is 0 Å². The fourth-order valence-corrected chi connectivity index (χ4v) is 1.10. The van der Waals surface area contributed by atoms with Crippen molar-refractivity contribution in [3.8, 4) is 6.19 Å². The van der Waals surface area contributed by atoms with Gasteiger partial charge in [-0.3, -0.25) is 13.9 Å². The summed E-state index contributed by atoms with van der Waals surface area (Å²) < 4.78 is 2.01. The molecule has 0 aromatic carbocycles. The van der Waals surface area contributed by atoms with Crippen molar-refractivity contribution in [2.24, 2.45) is 19.1 Å². The van der Waals surface area contributed by atoms with Crippen LogP contribution in [0.15, 0.2) is 14.6 Å². The first-order valence-corrected chi connectivity index (χ1v) is 3.98. The van der Waals surface area contributed by atoms with Crippen LogP contribution in [0.25, 0.3) is 0 Å². The summed E-state index contributed by atoms with van der Waals surface area (Å²) in [6, 6.07) is 0. The normalized spacial score (nSPS) is 10.5. The van der Waals surface area contributed by atoms with Crippen molar-refractivity contribution in [2.45, 2.75) is 0 Å². The van der Waals surface area contributed by atoms with Gasteiger partial charge in [-0.05, 0) is 0 Å². The van der Waals surface area contributed by atoms with Crippen molar-refractivity contribution < 1.29 is 0 Å². The molecular formula is C8H9N5O2. The molecule has 7 nitrogen and oxygen atoms in total. The van der Waals surface area contributed by atoms with Crippen LogP contribution in [0.3, 0.4) is 0 Å². The van der Waals surface area contributed by atoms with Crippen LogP contribution in [0.2, 0.25) is 0 Å². The van der Waals surface area contributed by atoms with Crippen LogP contribution in [0.1, 0.15) is 5.56 Å². The van der Waals surface area contributed by atoms with Crippen LogP contribution >= 0.6 is 0 Å². The average molecular weight is 207 g/mol. The molecule has 0 atom stereocenters. The highest BCUT2D eigenvalue weighted by Gasteiger charge is 2.10. The molecule has 0 radical (unpaired) electrons. The maximum absolute atomic E-state index is 11.5. The number of anilines is 1. The molecule has 0 aliphatic carbocycles. The smallest absolute Gasteiger partial charge is 0.332 e. The third-order valence-electron chi connectivity index (χ3n) is 2.00. The van der Waals surface area contributed by atoms with Crippen LogP contribution in [0.5, 0.6) is 0 Å². The SMILES string of the molecule is Cn1c(N)c(C=NC#N)c(=O)n(C)c1=O. The lowest BCUT2D eigenvalue weighted by atomic mass is 10.3. The maximum atomic E-state index is 11.5. The highest BCUT2D eigenvalue weighted by molar-refractivity contribution is 5.85. The summed E-state index contributed by atoms with van der Waals surface area (Å²) in [4.78, 5) is 26.2. The maximum Gasteiger partial charge on any atom is 0.332 e. The number of hydrogen-bond donors (Lipinski definition) is 1. The first kappa shape index (κ1) is 10.7. The molecule has 0 unspecified atom stereocenters. The molecule has 1 aromatic heterocycles. The van der Waals surface area contributed by atoms with Gasteiger partial charge >= 0.3 is 5.69 Å². The van der Waals surface area contributed by atoms with Crippen molar-refractivity contribution >= 4 is 12.0 Å². The number of aliphatic imine (C=N–C) groups is 1. The van der Waals surface area contributed by atoms with E-state index in [9.17, 15) is 9.59 Å². The van der Waals surface area contributed by atoms with Crippen molar-refractivity contribution in [1.82, 2.24) is 9.13 Å². The molecule has 0 aliphatic rings. The zero-order chi connectivity index (χ0) is 11.6. The number of nitriles is 1. The van der Waals surface area contributed by atoms with Gasteiger partial charge in [-0.2, -0.15) is 10.3 Å². The van der Waals surface area contributed by atoms with Gasteiger partial charge in [0.1, 0.15) is 5.82 Å². The molecule has 78 valence electrons. The van der Waals surface area contributed by atoms with Crippen LogP contribution in [0.4, 0.5) is 5.82 Å². The van der Waals surface area contributed by atoms with Gasteiger partial charge in [-0.1, -0.05) is 0 Å². The number of rotatable bonds is 1. The summed E-state index contributed by atoms with van der Waals surface area (Å²) in [5, 5.41) is 8.24. The Hall–Kier alpha value is -2.36. The van der Waals surface area contributed by atoms with Crippen molar-refractivity contribution in [3.05, 3.63) is 26.4 Å². The van der Waals surface area contributed by atoms with Gasteiger partial charge < -0.3 is 5.73 Å². The predicted octanol–water partition coefficient (Wildman–Crippen LogP) is -1.43. The van der Waals surface area contributed by atoms with E-state index in [0.29, 0.717) is 0 Å². The van der Waals surface area contributed by atoms with E-state index in [4.69, 9.17) is 11.0 Å². The van der Waals surface area contributed by atoms with Gasteiger partial charge in [-0.15, -0.1) is 0 Å².